The summed E-state index contributed by atoms with van der Waals surface area (Å²) in [5, 5.41) is 10.1. The number of hydrogen-bond donors (Lipinski definition) is 1. The molecule has 0 bridgehead atoms. The van der Waals surface area contributed by atoms with Gasteiger partial charge in [0.1, 0.15) is 0 Å². The van der Waals surface area contributed by atoms with Crippen LogP contribution in [0.1, 0.15) is 22.3 Å². The van der Waals surface area contributed by atoms with Gasteiger partial charge in [0.2, 0.25) is 0 Å². The topological polar surface area (TPSA) is 29.5 Å². The van der Waals surface area contributed by atoms with Crippen LogP contribution < -0.4 is 0 Å². The lowest BCUT2D eigenvalue weighted by atomic mass is 10.0. The molecule has 4 heteroatoms. The fourth-order valence-electron chi connectivity index (χ4n) is 1.66. The normalized spacial score (nSPS) is 24.1. The number of thiophene rings is 1. The summed E-state index contributed by atoms with van der Waals surface area (Å²) in [4.78, 5) is 2.27. The van der Waals surface area contributed by atoms with Crippen molar-refractivity contribution in [2.45, 2.75) is 19.4 Å². The molecule has 2 unspecified atom stereocenters. The molecule has 2 nitrogen and oxygen atoms in total. The fourth-order valence-corrected chi connectivity index (χ4v) is 3.30. The molecule has 0 aliphatic carbocycles. The lowest BCUT2D eigenvalue weighted by Gasteiger charge is -2.14. The van der Waals surface area contributed by atoms with Gasteiger partial charge in [-0.1, -0.05) is 0 Å². The van der Waals surface area contributed by atoms with Crippen LogP contribution in [0.25, 0.3) is 0 Å². The lowest BCUT2D eigenvalue weighted by Crippen LogP contribution is -2.10. The van der Waals surface area contributed by atoms with Crippen molar-refractivity contribution in [2.24, 2.45) is 5.92 Å². The van der Waals surface area contributed by atoms with Gasteiger partial charge in [-0.15, -0.1) is 11.3 Å². The smallest absolute Gasteiger partial charge is 0.0933 e. The number of ether oxygens (including phenoxy) is 1. The Bertz CT molecular complexity index is 298. The van der Waals surface area contributed by atoms with Crippen LogP contribution in [0.15, 0.2) is 10.5 Å². The Hall–Kier alpha value is 0.100. The zero-order valence-electron chi connectivity index (χ0n) is 8.00. The van der Waals surface area contributed by atoms with Crippen LogP contribution >= 0.6 is 27.3 Å². The molecule has 1 aromatic rings. The fraction of sp³-hybridized carbons (Fsp3) is 0.600. The van der Waals surface area contributed by atoms with Gasteiger partial charge < -0.3 is 9.84 Å². The first-order valence-electron chi connectivity index (χ1n) is 4.70. The molecule has 2 heterocycles. The Kier molecular flexibility index (Phi) is 3.27. The second-order valence-electron chi connectivity index (χ2n) is 3.62. The summed E-state index contributed by atoms with van der Waals surface area (Å²) in [6.45, 7) is 3.53. The minimum atomic E-state index is -0.354. The van der Waals surface area contributed by atoms with E-state index in [1.165, 1.54) is 4.88 Å². The average molecular weight is 277 g/mol. The summed E-state index contributed by atoms with van der Waals surface area (Å²) < 4.78 is 6.36. The molecule has 1 aliphatic rings. The highest BCUT2D eigenvalue weighted by Gasteiger charge is 2.26. The van der Waals surface area contributed by atoms with E-state index in [1.54, 1.807) is 11.3 Å². The van der Waals surface area contributed by atoms with E-state index in [0.29, 0.717) is 6.61 Å². The van der Waals surface area contributed by atoms with Gasteiger partial charge in [0, 0.05) is 26.8 Å². The van der Waals surface area contributed by atoms with Gasteiger partial charge in [0.15, 0.2) is 0 Å². The molecule has 1 aromatic heterocycles. The van der Waals surface area contributed by atoms with Gasteiger partial charge in [0.25, 0.3) is 0 Å². The maximum atomic E-state index is 10.1. The highest BCUT2D eigenvalue weighted by molar-refractivity contribution is 9.10. The van der Waals surface area contributed by atoms with E-state index in [1.807, 2.05) is 6.07 Å². The van der Waals surface area contributed by atoms with Crippen molar-refractivity contribution in [3.05, 3.63) is 20.3 Å². The quantitative estimate of drug-likeness (QED) is 0.900. The van der Waals surface area contributed by atoms with E-state index in [4.69, 9.17) is 4.74 Å². The van der Waals surface area contributed by atoms with Crippen LogP contribution in [0.4, 0.5) is 0 Å². The first-order valence-corrected chi connectivity index (χ1v) is 6.31. The Morgan fingerprint density at radius 3 is 3.00 bits per heavy atom. The lowest BCUT2D eigenvalue weighted by molar-refractivity contribution is 0.0944. The first kappa shape index (κ1) is 10.6. The van der Waals surface area contributed by atoms with Crippen LogP contribution in [-0.2, 0) is 4.74 Å². The third-order valence-corrected chi connectivity index (χ3v) is 4.79. The number of rotatable bonds is 2. The van der Waals surface area contributed by atoms with E-state index in [0.717, 1.165) is 22.4 Å². The monoisotopic (exact) mass is 276 g/mol. The number of halogens is 1. The molecule has 1 aliphatic heterocycles. The largest absolute Gasteiger partial charge is 0.387 e. The minimum Gasteiger partial charge on any atom is -0.387 e. The summed E-state index contributed by atoms with van der Waals surface area (Å²) in [7, 11) is 0. The highest BCUT2D eigenvalue weighted by atomic mass is 79.9. The van der Waals surface area contributed by atoms with E-state index >= 15 is 0 Å². The van der Waals surface area contributed by atoms with Crippen molar-refractivity contribution in [1.82, 2.24) is 0 Å². The number of aliphatic hydroxyl groups is 1. The molecule has 1 fully saturated rings. The molecule has 0 radical (unpaired) electrons. The van der Waals surface area contributed by atoms with Crippen molar-refractivity contribution in [2.75, 3.05) is 13.2 Å². The van der Waals surface area contributed by atoms with Crippen LogP contribution in [0.5, 0.6) is 0 Å². The van der Waals surface area contributed by atoms with E-state index in [2.05, 4.69) is 22.9 Å². The Morgan fingerprint density at radius 1 is 1.71 bits per heavy atom. The van der Waals surface area contributed by atoms with Gasteiger partial charge in [-0.05, 0) is 35.3 Å². The van der Waals surface area contributed by atoms with Gasteiger partial charge in [-0.2, -0.15) is 0 Å². The number of aliphatic hydroxyl groups excluding tert-OH is 1. The van der Waals surface area contributed by atoms with Crippen molar-refractivity contribution >= 4 is 27.3 Å². The average Bonchev–Trinajstić information content (AvgIpc) is 2.76. The highest BCUT2D eigenvalue weighted by Crippen LogP contribution is 2.36. The van der Waals surface area contributed by atoms with E-state index in [-0.39, 0.29) is 12.0 Å². The van der Waals surface area contributed by atoms with E-state index in [9.17, 15) is 5.11 Å². The van der Waals surface area contributed by atoms with Crippen molar-refractivity contribution in [1.29, 1.82) is 0 Å². The second-order valence-corrected chi connectivity index (χ2v) is 5.76. The standard InChI is InChI=1S/C10H13BrO2S/c1-6-8(11)4-9(14-6)10(12)7-2-3-13-5-7/h4,7,10,12H,2-3,5H2,1H3. The molecule has 1 saturated heterocycles. The maximum absolute atomic E-state index is 10.1. The molecule has 0 spiro atoms. The molecule has 1 N–H and O–H groups in total. The van der Waals surface area contributed by atoms with Crippen LogP contribution in [0.3, 0.4) is 0 Å². The first-order chi connectivity index (χ1) is 6.68. The maximum Gasteiger partial charge on any atom is 0.0933 e. The van der Waals surface area contributed by atoms with Crippen LogP contribution in [-0.4, -0.2) is 18.3 Å². The van der Waals surface area contributed by atoms with Crippen molar-refractivity contribution < 1.29 is 9.84 Å². The number of hydrogen-bond acceptors (Lipinski definition) is 3. The molecule has 2 rings (SSSR count). The molecule has 78 valence electrons. The second kappa shape index (κ2) is 4.31. The summed E-state index contributed by atoms with van der Waals surface area (Å²) in [6, 6.07) is 2.02. The summed E-state index contributed by atoms with van der Waals surface area (Å²) in [5.74, 6) is 0.278. The van der Waals surface area contributed by atoms with E-state index < -0.39 is 0 Å². The van der Waals surface area contributed by atoms with Crippen molar-refractivity contribution in [3.8, 4) is 0 Å². The summed E-state index contributed by atoms with van der Waals surface area (Å²) >= 11 is 5.12. The predicted molar refractivity (Wildman–Crippen MR) is 60.6 cm³/mol. The predicted octanol–water partition coefficient (Wildman–Crippen LogP) is 2.89. The molecular formula is C10H13BrO2S. The van der Waals surface area contributed by atoms with Gasteiger partial charge in [-0.3, -0.25) is 0 Å². The number of aryl methyl sites for hydroxylation is 1. The Labute approximate surface area is 96.0 Å². The van der Waals surface area contributed by atoms with Crippen LogP contribution in [0.2, 0.25) is 0 Å². The molecule has 2 atom stereocenters. The molecule has 0 aromatic carbocycles. The molecular weight excluding hydrogens is 264 g/mol. The zero-order valence-corrected chi connectivity index (χ0v) is 10.4. The zero-order chi connectivity index (χ0) is 10.1. The summed E-state index contributed by atoms with van der Waals surface area (Å²) in [6.07, 6.45) is 0.614. The SMILES string of the molecule is Cc1sc(C(O)C2CCOC2)cc1Br. The Balaban J connectivity index is 2.13. The third kappa shape index (κ3) is 2.03. The molecule has 0 saturated carbocycles. The Morgan fingerprint density at radius 2 is 2.50 bits per heavy atom. The summed E-state index contributed by atoms with van der Waals surface area (Å²) in [5.41, 5.74) is 0. The molecule has 0 amide bonds. The van der Waals surface area contributed by atoms with Gasteiger partial charge in [-0.25, -0.2) is 0 Å². The van der Waals surface area contributed by atoms with Crippen LogP contribution in [0, 0.1) is 12.8 Å². The minimum absolute atomic E-state index is 0.278. The third-order valence-electron chi connectivity index (χ3n) is 2.58. The van der Waals surface area contributed by atoms with Gasteiger partial charge >= 0.3 is 0 Å². The molecule has 14 heavy (non-hydrogen) atoms. The van der Waals surface area contributed by atoms with Gasteiger partial charge in [0.05, 0.1) is 12.7 Å². The van der Waals surface area contributed by atoms with Crippen molar-refractivity contribution in [3.63, 3.8) is 0 Å².